The van der Waals surface area contributed by atoms with E-state index >= 15 is 0 Å². The first-order chi connectivity index (χ1) is 9.31. The highest BCUT2D eigenvalue weighted by atomic mass is 15.0. The lowest BCUT2D eigenvalue weighted by Gasteiger charge is -2.22. The molecule has 3 N–H and O–H groups in total. The van der Waals surface area contributed by atoms with Crippen molar-refractivity contribution in [2.24, 2.45) is 5.73 Å². The van der Waals surface area contributed by atoms with Crippen molar-refractivity contribution in [2.45, 2.75) is 58.3 Å². The van der Waals surface area contributed by atoms with Crippen LogP contribution in [0.3, 0.4) is 0 Å². The summed E-state index contributed by atoms with van der Waals surface area (Å²) >= 11 is 0. The molecule has 1 aliphatic rings. The summed E-state index contributed by atoms with van der Waals surface area (Å²) in [6, 6.07) is 8.45. The number of hydrogen-bond donors (Lipinski definition) is 2. The van der Waals surface area contributed by atoms with Crippen LogP contribution in [-0.2, 0) is 6.42 Å². The molecule has 0 saturated carbocycles. The van der Waals surface area contributed by atoms with Gasteiger partial charge < -0.3 is 11.1 Å². The van der Waals surface area contributed by atoms with Crippen LogP contribution in [-0.4, -0.2) is 0 Å². The molecule has 2 nitrogen and oxygen atoms in total. The molecule has 0 spiro atoms. The van der Waals surface area contributed by atoms with Gasteiger partial charge in [-0.3, -0.25) is 0 Å². The van der Waals surface area contributed by atoms with Crippen LogP contribution in [0, 0.1) is 0 Å². The zero-order valence-corrected chi connectivity index (χ0v) is 12.0. The van der Waals surface area contributed by atoms with Crippen molar-refractivity contribution < 1.29 is 0 Å². The molecule has 2 rings (SSSR count). The van der Waals surface area contributed by atoms with Gasteiger partial charge >= 0.3 is 0 Å². The van der Waals surface area contributed by atoms with Crippen LogP contribution >= 0.6 is 0 Å². The zero-order chi connectivity index (χ0) is 13.5. The van der Waals surface area contributed by atoms with E-state index in [1.807, 2.05) is 0 Å². The fraction of sp³-hybridized carbons (Fsp3) is 0.529. The Balaban J connectivity index is 1.78. The SMILES string of the molecule is CCCCCCCCC1=C(N)Nc2ccccc2C1. The molecule has 0 aromatic heterocycles. The van der Waals surface area contributed by atoms with E-state index in [4.69, 9.17) is 5.73 Å². The number of allylic oxidation sites excluding steroid dienone is 1. The maximum absolute atomic E-state index is 6.12. The molecule has 0 radical (unpaired) electrons. The Morgan fingerprint density at radius 3 is 2.63 bits per heavy atom. The van der Waals surface area contributed by atoms with Gasteiger partial charge in [-0.15, -0.1) is 0 Å². The summed E-state index contributed by atoms with van der Waals surface area (Å²) in [4.78, 5) is 0. The van der Waals surface area contributed by atoms with Crippen LogP contribution in [0.15, 0.2) is 35.7 Å². The summed E-state index contributed by atoms with van der Waals surface area (Å²) in [5, 5.41) is 3.33. The predicted octanol–water partition coefficient (Wildman–Crippen LogP) is 4.58. The Morgan fingerprint density at radius 1 is 1.05 bits per heavy atom. The van der Waals surface area contributed by atoms with Gasteiger partial charge in [-0.05, 0) is 36.5 Å². The van der Waals surface area contributed by atoms with Crippen molar-refractivity contribution >= 4 is 5.69 Å². The summed E-state index contributed by atoms with van der Waals surface area (Å²) in [7, 11) is 0. The van der Waals surface area contributed by atoms with Crippen molar-refractivity contribution in [1.29, 1.82) is 0 Å². The molecule has 0 fully saturated rings. The van der Waals surface area contributed by atoms with Crippen molar-refractivity contribution in [3.63, 3.8) is 0 Å². The standard InChI is InChI=1S/C17H26N2/c1-2-3-4-5-6-7-11-15-13-14-10-8-9-12-16(14)19-17(15)18/h8-10,12,19H,2-7,11,13,18H2,1H3. The third kappa shape index (κ3) is 4.02. The predicted molar refractivity (Wildman–Crippen MR) is 83.0 cm³/mol. The molecule has 0 aliphatic carbocycles. The quantitative estimate of drug-likeness (QED) is 0.703. The molecule has 1 aliphatic heterocycles. The molecular weight excluding hydrogens is 232 g/mol. The minimum absolute atomic E-state index is 0.882. The fourth-order valence-corrected chi connectivity index (χ4v) is 2.70. The largest absolute Gasteiger partial charge is 0.385 e. The van der Waals surface area contributed by atoms with Gasteiger partial charge in [0.1, 0.15) is 0 Å². The van der Waals surface area contributed by atoms with Crippen LogP contribution in [0.2, 0.25) is 0 Å². The van der Waals surface area contributed by atoms with Crippen LogP contribution in [0.5, 0.6) is 0 Å². The minimum Gasteiger partial charge on any atom is -0.385 e. The maximum Gasteiger partial charge on any atom is 0.0999 e. The normalized spacial score (nSPS) is 14.2. The number of nitrogens with two attached hydrogens (primary N) is 1. The number of benzene rings is 1. The molecule has 104 valence electrons. The first-order valence-electron chi connectivity index (χ1n) is 7.63. The van der Waals surface area contributed by atoms with Gasteiger partial charge in [0.2, 0.25) is 0 Å². The fourth-order valence-electron chi connectivity index (χ4n) is 2.70. The van der Waals surface area contributed by atoms with Gasteiger partial charge in [0.25, 0.3) is 0 Å². The first kappa shape index (κ1) is 14.0. The van der Waals surface area contributed by atoms with Gasteiger partial charge in [0.05, 0.1) is 5.82 Å². The van der Waals surface area contributed by atoms with E-state index in [1.54, 1.807) is 0 Å². The highest BCUT2D eigenvalue weighted by Crippen LogP contribution is 2.28. The molecule has 0 saturated heterocycles. The van der Waals surface area contributed by atoms with Gasteiger partial charge in [-0.25, -0.2) is 0 Å². The molecule has 2 heteroatoms. The Hall–Kier alpha value is -1.44. The molecule has 0 unspecified atom stereocenters. The van der Waals surface area contributed by atoms with E-state index < -0.39 is 0 Å². The van der Waals surface area contributed by atoms with E-state index in [2.05, 4.69) is 36.5 Å². The monoisotopic (exact) mass is 258 g/mol. The molecule has 0 bridgehead atoms. The van der Waals surface area contributed by atoms with Gasteiger partial charge in [-0.1, -0.05) is 57.2 Å². The average Bonchev–Trinajstić information content (AvgIpc) is 2.43. The van der Waals surface area contributed by atoms with Crippen molar-refractivity contribution in [3.8, 4) is 0 Å². The van der Waals surface area contributed by atoms with E-state index in [-0.39, 0.29) is 0 Å². The molecular formula is C17H26N2. The highest BCUT2D eigenvalue weighted by Gasteiger charge is 2.14. The van der Waals surface area contributed by atoms with E-state index in [1.165, 1.54) is 55.3 Å². The molecule has 1 aromatic rings. The Bertz CT molecular complexity index is 435. The number of nitrogens with one attached hydrogen (secondary N) is 1. The molecule has 19 heavy (non-hydrogen) atoms. The minimum atomic E-state index is 0.882. The van der Waals surface area contributed by atoms with Crippen molar-refractivity contribution in [3.05, 3.63) is 41.2 Å². The Labute approximate surface area is 117 Å². The lowest BCUT2D eigenvalue weighted by molar-refractivity contribution is 0.602. The average molecular weight is 258 g/mol. The van der Waals surface area contributed by atoms with Gasteiger partial charge in [0.15, 0.2) is 0 Å². The first-order valence-corrected chi connectivity index (χ1v) is 7.63. The van der Waals surface area contributed by atoms with E-state index in [0.29, 0.717) is 0 Å². The lowest BCUT2D eigenvalue weighted by Crippen LogP contribution is -2.19. The number of hydrogen-bond acceptors (Lipinski definition) is 2. The van der Waals surface area contributed by atoms with Crippen LogP contribution in [0.1, 0.15) is 57.4 Å². The number of fused-ring (bicyclic) bond motifs is 1. The van der Waals surface area contributed by atoms with Crippen molar-refractivity contribution in [1.82, 2.24) is 0 Å². The zero-order valence-electron chi connectivity index (χ0n) is 12.0. The summed E-state index contributed by atoms with van der Waals surface area (Å²) in [5.41, 5.74) is 10.1. The number of anilines is 1. The van der Waals surface area contributed by atoms with Gasteiger partial charge in [0, 0.05) is 5.69 Å². The summed E-state index contributed by atoms with van der Waals surface area (Å²) in [5.74, 6) is 0.882. The molecule has 1 heterocycles. The Kier molecular flexibility index (Phi) is 5.31. The number of rotatable bonds is 7. The van der Waals surface area contributed by atoms with Crippen LogP contribution in [0.25, 0.3) is 0 Å². The molecule has 0 atom stereocenters. The number of para-hydroxylation sites is 1. The second-order valence-electron chi connectivity index (χ2n) is 5.49. The Morgan fingerprint density at radius 2 is 1.79 bits per heavy atom. The van der Waals surface area contributed by atoms with Crippen molar-refractivity contribution in [2.75, 3.05) is 5.32 Å². The molecule has 1 aromatic carbocycles. The summed E-state index contributed by atoms with van der Waals surface area (Å²) in [6.45, 7) is 2.26. The highest BCUT2D eigenvalue weighted by molar-refractivity contribution is 5.59. The second-order valence-corrected chi connectivity index (χ2v) is 5.49. The van der Waals surface area contributed by atoms with Gasteiger partial charge in [-0.2, -0.15) is 0 Å². The summed E-state index contributed by atoms with van der Waals surface area (Å²) in [6.07, 6.45) is 10.2. The maximum atomic E-state index is 6.12. The lowest BCUT2D eigenvalue weighted by atomic mass is 9.95. The molecule has 0 amide bonds. The van der Waals surface area contributed by atoms with Crippen LogP contribution < -0.4 is 11.1 Å². The topological polar surface area (TPSA) is 38.0 Å². The second kappa shape index (κ2) is 7.22. The number of unbranched alkanes of at least 4 members (excludes halogenated alkanes) is 5. The summed E-state index contributed by atoms with van der Waals surface area (Å²) < 4.78 is 0. The van der Waals surface area contributed by atoms with E-state index in [9.17, 15) is 0 Å². The van der Waals surface area contributed by atoms with E-state index in [0.717, 1.165) is 18.7 Å². The third-order valence-corrected chi connectivity index (χ3v) is 3.90. The smallest absolute Gasteiger partial charge is 0.0999 e. The van der Waals surface area contributed by atoms with Crippen LogP contribution in [0.4, 0.5) is 5.69 Å². The third-order valence-electron chi connectivity index (χ3n) is 3.90.